The highest BCUT2D eigenvalue weighted by Crippen LogP contribution is 2.07. The van der Waals surface area contributed by atoms with Crippen LogP contribution in [-0.2, 0) is 6.54 Å². The van der Waals surface area contributed by atoms with Crippen molar-refractivity contribution in [1.29, 1.82) is 0 Å². The van der Waals surface area contributed by atoms with Crippen LogP contribution in [0.3, 0.4) is 0 Å². The molecule has 1 aromatic heterocycles. The molecule has 136 valence electrons. The van der Waals surface area contributed by atoms with E-state index in [1.807, 2.05) is 37.3 Å². The Labute approximate surface area is 150 Å². The lowest BCUT2D eigenvalue weighted by Crippen LogP contribution is -2.41. The predicted octanol–water partition coefficient (Wildman–Crippen LogP) is 2.38. The highest BCUT2D eigenvalue weighted by molar-refractivity contribution is 5.79. The molecule has 1 heterocycles. The van der Waals surface area contributed by atoms with E-state index in [0.717, 1.165) is 30.5 Å². The Bertz CT molecular complexity index is 666. The Kier molecular flexibility index (Phi) is 7.32. The van der Waals surface area contributed by atoms with Gasteiger partial charge in [-0.2, -0.15) is 5.10 Å². The molecule has 0 saturated heterocycles. The first-order valence-corrected chi connectivity index (χ1v) is 8.72. The molecule has 0 radical (unpaired) electrons. The van der Waals surface area contributed by atoms with Crippen molar-refractivity contribution in [3.63, 3.8) is 0 Å². The third kappa shape index (κ3) is 6.49. The minimum atomic E-state index is 0.442. The lowest BCUT2D eigenvalue weighted by molar-refractivity contribution is 0.321. The molecule has 2 rings (SSSR count). The van der Waals surface area contributed by atoms with Gasteiger partial charge in [0.1, 0.15) is 12.4 Å². The quantitative estimate of drug-likeness (QED) is 0.439. The van der Waals surface area contributed by atoms with Crippen molar-refractivity contribution in [2.75, 3.05) is 26.7 Å². The molecule has 1 unspecified atom stereocenters. The summed E-state index contributed by atoms with van der Waals surface area (Å²) in [5.41, 5.74) is 2.26. The van der Waals surface area contributed by atoms with Gasteiger partial charge in [-0.05, 0) is 38.0 Å². The fourth-order valence-electron chi connectivity index (χ4n) is 2.57. The van der Waals surface area contributed by atoms with Gasteiger partial charge in [-0.3, -0.25) is 9.67 Å². The number of nitrogens with zero attached hydrogens (tertiary/aromatic N) is 3. The Morgan fingerprint density at radius 3 is 2.64 bits per heavy atom. The third-order valence-corrected chi connectivity index (χ3v) is 3.84. The zero-order chi connectivity index (χ0) is 18.1. The van der Waals surface area contributed by atoms with Crippen LogP contribution < -0.4 is 15.4 Å². The van der Waals surface area contributed by atoms with Gasteiger partial charge in [-0.25, -0.2) is 0 Å². The predicted molar refractivity (Wildman–Crippen MR) is 102 cm³/mol. The van der Waals surface area contributed by atoms with Crippen LogP contribution in [0.2, 0.25) is 0 Å². The summed E-state index contributed by atoms with van der Waals surface area (Å²) in [4.78, 5) is 4.25. The Balaban J connectivity index is 1.66. The first-order chi connectivity index (χ1) is 12.1. The molecule has 1 aromatic carbocycles. The smallest absolute Gasteiger partial charge is 0.191 e. The van der Waals surface area contributed by atoms with E-state index in [0.29, 0.717) is 19.1 Å². The van der Waals surface area contributed by atoms with Gasteiger partial charge < -0.3 is 15.4 Å². The third-order valence-electron chi connectivity index (χ3n) is 3.84. The van der Waals surface area contributed by atoms with Crippen molar-refractivity contribution in [2.45, 2.75) is 27.3 Å². The zero-order valence-corrected chi connectivity index (χ0v) is 15.6. The molecule has 0 aliphatic rings. The van der Waals surface area contributed by atoms with E-state index < -0.39 is 0 Å². The van der Waals surface area contributed by atoms with Gasteiger partial charge in [-0.1, -0.05) is 25.1 Å². The minimum absolute atomic E-state index is 0.442. The molecule has 2 N–H and O–H groups in total. The summed E-state index contributed by atoms with van der Waals surface area (Å²) in [6, 6.07) is 11.9. The number of guanidine groups is 1. The van der Waals surface area contributed by atoms with Crippen LogP contribution in [0.5, 0.6) is 5.75 Å². The molecule has 0 fully saturated rings. The van der Waals surface area contributed by atoms with Crippen molar-refractivity contribution in [3.05, 3.63) is 47.8 Å². The van der Waals surface area contributed by atoms with Gasteiger partial charge in [-0.15, -0.1) is 0 Å². The second-order valence-electron chi connectivity index (χ2n) is 6.26. The first-order valence-electron chi connectivity index (χ1n) is 8.72. The molecule has 6 heteroatoms. The molecule has 6 nitrogen and oxygen atoms in total. The van der Waals surface area contributed by atoms with Crippen LogP contribution >= 0.6 is 0 Å². The van der Waals surface area contributed by atoms with Gasteiger partial charge in [0.15, 0.2) is 5.96 Å². The van der Waals surface area contributed by atoms with Gasteiger partial charge in [0.2, 0.25) is 0 Å². The molecule has 1 atom stereocenters. The van der Waals surface area contributed by atoms with Gasteiger partial charge in [0.25, 0.3) is 0 Å². The molecule has 0 aliphatic heterocycles. The van der Waals surface area contributed by atoms with Gasteiger partial charge in [0, 0.05) is 25.8 Å². The second-order valence-corrected chi connectivity index (χ2v) is 6.26. The molecule has 0 aliphatic carbocycles. The standard InChI is InChI=1S/C19H29N5O/c1-15(14-24-17(3)12-16(2)23-24)13-22-19(20-4)21-10-11-25-18-8-6-5-7-9-18/h5-9,12,15H,10-11,13-14H2,1-4H3,(H2,20,21,22). The molecule has 2 aromatic rings. The van der Waals surface area contributed by atoms with Crippen LogP contribution in [0.1, 0.15) is 18.3 Å². The van der Waals surface area contributed by atoms with Gasteiger partial charge >= 0.3 is 0 Å². The number of hydrogen-bond donors (Lipinski definition) is 2. The number of aromatic nitrogens is 2. The summed E-state index contributed by atoms with van der Waals surface area (Å²) < 4.78 is 7.73. The number of aliphatic imine (C=N–C) groups is 1. The van der Waals surface area contributed by atoms with E-state index in [-0.39, 0.29) is 0 Å². The number of hydrogen-bond acceptors (Lipinski definition) is 3. The maximum Gasteiger partial charge on any atom is 0.191 e. The van der Waals surface area contributed by atoms with Crippen LogP contribution in [0.25, 0.3) is 0 Å². The maximum atomic E-state index is 5.66. The van der Waals surface area contributed by atoms with Crippen molar-refractivity contribution < 1.29 is 4.74 Å². The van der Waals surface area contributed by atoms with Crippen molar-refractivity contribution in [2.24, 2.45) is 10.9 Å². The fourth-order valence-corrected chi connectivity index (χ4v) is 2.57. The summed E-state index contributed by atoms with van der Waals surface area (Å²) in [7, 11) is 1.78. The molecule has 0 amide bonds. The van der Waals surface area contributed by atoms with E-state index in [9.17, 15) is 0 Å². The van der Waals surface area contributed by atoms with Crippen molar-refractivity contribution in [3.8, 4) is 5.75 Å². The molecule has 25 heavy (non-hydrogen) atoms. The number of ether oxygens (including phenoxy) is 1. The molecule has 0 bridgehead atoms. The lowest BCUT2D eigenvalue weighted by atomic mass is 10.2. The van der Waals surface area contributed by atoms with E-state index >= 15 is 0 Å². The number of para-hydroxylation sites is 1. The summed E-state index contributed by atoms with van der Waals surface area (Å²) in [5, 5.41) is 11.1. The van der Waals surface area contributed by atoms with Crippen LogP contribution in [0.15, 0.2) is 41.4 Å². The van der Waals surface area contributed by atoms with Crippen molar-refractivity contribution in [1.82, 2.24) is 20.4 Å². The topological polar surface area (TPSA) is 63.5 Å². The summed E-state index contributed by atoms with van der Waals surface area (Å²) in [5.74, 6) is 2.11. The van der Waals surface area contributed by atoms with Crippen LogP contribution in [0, 0.1) is 19.8 Å². The minimum Gasteiger partial charge on any atom is -0.492 e. The van der Waals surface area contributed by atoms with Crippen LogP contribution in [-0.4, -0.2) is 42.5 Å². The Morgan fingerprint density at radius 2 is 2.00 bits per heavy atom. The van der Waals surface area contributed by atoms with Crippen LogP contribution in [0.4, 0.5) is 0 Å². The summed E-state index contributed by atoms with van der Waals surface area (Å²) >= 11 is 0. The number of aryl methyl sites for hydroxylation is 2. The maximum absolute atomic E-state index is 5.66. The van der Waals surface area contributed by atoms with E-state index in [2.05, 4.69) is 45.3 Å². The normalized spacial score (nSPS) is 12.7. The largest absolute Gasteiger partial charge is 0.492 e. The number of rotatable bonds is 8. The average molecular weight is 343 g/mol. The average Bonchev–Trinajstić information content (AvgIpc) is 2.92. The molecule has 0 saturated carbocycles. The summed E-state index contributed by atoms with van der Waals surface area (Å²) in [6.07, 6.45) is 0. The Hall–Kier alpha value is -2.50. The lowest BCUT2D eigenvalue weighted by Gasteiger charge is -2.17. The van der Waals surface area contributed by atoms with Crippen molar-refractivity contribution >= 4 is 5.96 Å². The summed E-state index contributed by atoms with van der Waals surface area (Å²) in [6.45, 7) is 9.32. The van der Waals surface area contributed by atoms with E-state index in [4.69, 9.17) is 4.74 Å². The highest BCUT2D eigenvalue weighted by Gasteiger charge is 2.08. The molecule has 0 spiro atoms. The Morgan fingerprint density at radius 1 is 1.24 bits per heavy atom. The number of benzene rings is 1. The molecular weight excluding hydrogens is 314 g/mol. The second kappa shape index (κ2) is 9.71. The molecular formula is C19H29N5O. The SMILES string of the molecule is CN=C(NCCOc1ccccc1)NCC(C)Cn1nc(C)cc1C. The monoisotopic (exact) mass is 343 g/mol. The first kappa shape index (κ1) is 18.8. The fraction of sp³-hybridized carbons (Fsp3) is 0.474. The zero-order valence-electron chi connectivity index (χ0n) is 15.6. The van der Waals surface area contributed by atoms with E-state index in [1.165, 1.54) is 5.69 Å². The highest BCUT2D eigenvalue weighted by atomic mass is 16.5. The van der Waals surface area contributed by atoms with Gasteiger partial charge in [0.05, 0.1) is 12.2 Å². The van der Waals surface area contributed by atoms with E-state index in [1.54, 1.807) is 7.05 Å². The number of nitrogens with one attached hydrogen (secondary N) is 2.